The fourth-order valence-corrected chi connectivity index (χ4v) is 1.83. The van der Waals surface area contributed by atoms with E-state index in [1.807, 2.05) is 38.1 Å². The third kappa shape index (κ3) is 3.76. The Labute approximate surface area is 112 Å². The second-order valence-corrected chi connectivity index (χ2v) is 4.24. The summed E-state index contributed by atoms with van der Waals surface area (Å²) in [6.45, 7) is 4.68. The summed E-state index contributed by atoms with van der Waals surface area (Å²) in [7, 11) is 0. The molecule has 0 radical (unpaired) electrons. The first-order valence-electron chi connectivity index (χ1n) is 6.28. The van der Waals surface area contributed by atoms with E-state index in [1.54, 1.807) is 6.20 Å². The zero-order chi connectivity index (χ0) is 13.7. The molecule has 0 amide bonds. The first-order valence-corrected chi connectivity index (χ1v) is 6.28. The Morgan fingerprint density at radius 3 is 2.58 bits per heavy atom. The lowest BCUT2D eigenvalue weighted by molar-refractivity contribution is 0.0764. The molecule has 0 aliphatic rings. The molecular weight excluding hydrogens is 243 g/mol. The van der Waals surface area contributed by atoms with Gasteiger partial charge in [-0.05, 0) is 31.5 Å². The van der Waals surface area contributed by atoms with Crippen molar-refractivity contribution in [1.82, 2.24) is 4.98 Å². The monoisotopic (exact) mass is 260 g/mol. The third-order valence-electron chi connectivity index (χ3n) is 2.79. The maximum Gasteiger partial charge on any atom is 0.143 e. The van der Waals surface area contributed by atoms with Crippen molar-refractivity contribution in [3.05, 3.63) is 54.1 Å². The first-order chi connectivity index (χ1) is 9.19. The van der Waals surface area contributed by atoms with Crippen LogP contribution < -0.4 is 5.32 Å². The summed E-state index contributed by atoms with van der Waals surface area (Å²) in [4.78, 5) is 3.79. The van der Waals surface area contributed by atoms with Crippen LogP contribution >= 0.6 is 0 Å². The minimum absolute atomic E-state index is 0.0786. The highest BCUT2D eigenvalue weighted by molar-refractivity contribution is 5.58. The van der Waals surface area contributed by atoms with Crippen LogP contribution in [0.5, 0.6) is 0 Å². The minimum Gasteiger partial charge on any atom is -0.374 e. The molecule has 1 unspecified atom stereocenters. The van der Waals surface area contributed by atoms with Crippen LogP contribution in [-0.4, -0.2) is 11.6 Å². The number of ether oxygens (including phenoxy) is 1. The normalized spacial score (nSPS) is 12.2. The lowest BCUT2D eigenvalue weighted by Crippen LogP contribution is -1.99. The van der Waals surface area contributed by atoms with E-state index < -0.39 is 0 Å². The maximum atomic E-state index is 13.0. The van der Waals surface area contributed by atoms with Crippen LogP contribution in [0.3, 0.4) is 0 Å². The predicted octanol–water partition coefficient (Wildman–Crippen LogP) is 4.06. The van der Waals surface area contributed by atoms with Crippen LogP contribution in [0, 0.1) is 5.82 Å². The van der Waals surface area contributed by atoms with Crippen LogP contribution in [0.15, 0.2) is 42.7 Å². The highest BCUT2D eigenvalue weighted by Gasteiger charge is 2.04. The van der Waals surface area contributed by atoms with E-state index in [0.29, 0.717) is 12.3 Å². The summed E-state index contributed by atoms with van der Waals surface area (Å²) < 4.78 is 18.5. The predicted molar refractivity (Wildman–Crippen MR) is 74.0 cm³/mol. The van der Waals surface area contributed by atoms with E-state index in [9.17, 15) is 4.39 Å². The van der Waals surface area contributed by atoms with Gasteiger partial charge in [0.25, 0.3) is 0 Å². The molecule has 2 aromatic rings. The molecule has 19 heavy (non-hydrogen) atoms. The summed E-state index contributed by atoms with van der Waals surface area (Å²) in [6.07, 6.45) is 2.84. The quantitative estimate of drug-likeness (QED) is 0.880. The molecule has 0 spiro atoms. The number of benzene rings is 1. The molecule has 0 saturated carbocycles. The van der Waals surface area contributed by atoms with Gasteiger partial charge in [0, 0.05) is 18.4 Å². The highest BCUT2D eigenvalue weighted by atomic mass is 19.1. The minimum atomic E-state index is -0.355. The Balaban J connectivity index is 2.06. The van der Waals surface area contributed by atoms with Gasteiger partial charge in [0.05, 0.1) is 24.2 Å². The van der Waals surface area contributed by atoms with Gasteiger partial charge in [-0.15, -0.1) is 0 Å². The Morgan fingerprint density at radius 2 is 1.95 bits per heavy atom. The molecule has 0 aliphatic carbocycles. The molecule has 1 heterocycles. The molecule has 3 nitrogen and oxygen atoms in total. The van der Waals surface area contributed by atoms with Gasteiger partial charge in [-0.25, -0.2) is 4.39 Å². The zero-order valence-electron chi connectivity index (χ0n) is 11.1. The Morgan fingerprint density at radius 1 is 1.21 bits per heavy atom. The summed E-state index contributed by atoms with van der Waals surface area (Å²) in [5.74, 6) is -0.355. The van der Waals surface area contributed by atoms with Crippen molar-refractivity contribution < 1.29 is 9.13 Å². The van der Waals surface area contributed by atoms with Gasteiger partial charge < -0.3 is 10.1 Å². The van der Waals surface area contributed by atoms with Gasteiger partial charge in [0.15, 0.2) is 0 Å². The molecule has 0 fully saturated rings. The van der Waals surface area contributed by atoms with Crippen LogP contribution in [0.4, 0.5) is 15.8 Å². The third-order valence-corrected chi connectivity index (χ3v) is 2.79. The average Bonchev–Trinajstić information content (AvgIpc) is 2.40. The summed E-state index contributed by atoms with van der Waals surface area (Å²) in [5, 5.41) is 3.10. The van der Waals surface area contributed by atoms with Gasteiger partial charge in [0.1, 0.15) is 5.82 Å². The Kier molecular flexibility index (Phi) is 4.47. The largest absolute Gasteiger partial charge is 0.374 e. The molecule has 0 saturated heterocycles. The topological polar surface area (TPSA) is 34.1 Å². The van der Waals surface area contributed by atoms with Crippen molar-refractivity contribution in [3.63, 3.8) is 0 Å². The van der Waals surface area contributed by atoms with Crippen LogP contribution in [0.1, 0.15) is 25.5 Å². The number of hydrogen-bond donors (Lipinski definition) is 1. The number of anilines is 2. The summed E-state index contributed by atoms with van der Waals surface area (Å²) >= 11 is 0. The lowest BCUT2D eigenvalue weighted by atomic mass is 10.1. The van der Waals surface area contributed by atoms with Crippen LogP contribution in [0.2, 0.25) is 0 Å². The Bertz CT molecular complexity index is 528. The summed E-state index contributed by atoms with van der Waals surface area (Å²) in [5.41, 5.74) is 2.63. The molecule has 1 aromatic heterocycles. The zero-order valence-corrected chi connectivity index (χ0v) is 11.1. The van der Waals surface area contributed by atoms with Gasteiger partial charge in [-0.3, -0.25) is 4.98 Å². The van der Waals surface area contributed by atoms with Crippen molar-refractivity contribution >= 4 is 11.4 Å². The van der Waals surface area contributed by atoms with E-state index in [0.717, 1.165) is 11.3 Å². The molecule has 2 rings (SSSR count). The van der Waals surface area contributed by atoms with Crippen LogP contribution in [0.25, 0.3) is 0 Å². The molecule has 1 aromatic carbocycles. The van der Waals surface area contributed by atoms with E-state index in [4.69, 9.17) is 4.74 Å². The number of nitrogens with zero attached hydrogens (tertiary/aromatic N) is 1. The fraction of sp³-hybridized carbons (Fsp3) is 0.267. The number of halogens is 1. The van der Waals surface area contributed by atoms with E-state index in [2.05, 4.69) is 10.3 Å². The van der Waals surface area contributed by atoms with E-state index >= 15 is 0 Å². The van der Waals surface area contributed by atoms with Crippen molar-refractivity contribution in [3.8, 4) is 0 Å². The lowest BCUT2D eigenvalue weighted by Gasteiger charge is -2.13. The molecule has 1 N–H and O–H groups in total. The van der Waals surface area contributed by atoms with E-state index in [1.165, 1.54) is 12.3 Å². The van der Waals surface area contributed by atoms with Crippen molar-refractivity contribution in [1.29, 1.82) is 0 Å². The van der Waals surface area contributed by atoms with E-state index in [-0.39, 0.29) is 11.9 Å². The molecule has 100 valence electrons. The van der Waals surface area contributed by atoms with Crippen molar-refractivity contribution in [2.45, 2.75) is 20.0 Å². The second kappa shape index (κ2) is 6.29. The number of pyridine rings is 1. The molecule has 0 aliphatic heterocycles. The number of aromatic nitrogens is 1. The van der Waals surface area contributed by atoms with Crippen LogP contribution in [-0.2, 0) is 4.74 Å². The second-order valence-electron chi connectivity index (χ2n) is 4.24. The summed E-state index contributed by atoms with van der Waals surface area (Å²) in [6, 6.07) is 9.28. The molecule has 0 bridgehead atoms. The smallest absolute Gasteiger partial charge is 0.143 e. The number of hydrogen-bond acceptors (Lipinski definition) is 3. The first kappa shape index (κ1) is 13.5. The number of rotatable bonds is 5. The number of nitrogens with one attached hydrogen (secondary N) is 1. The van der Waals surface area contributed by atoms with Crippen molar-refractivity contribution in [2.75, 3.05) is 11.9 Å². The van der Waals surface area contributed by atoms with Crippen molar-refractivity contribution in [2.24, 2.45) is 0 Å². The van der Waals surface area contributed by atoms with Gasteiger partial charge in [-0.2, -0.15) is 0 Å². The molecule has 1 atom stereocenters. The Hall–Kier alpha value is -1.94. The van der Waals surface area contributed by atoms with Gasteiger partial charge in [-0.1, -0.05) is 12.1 Å². The SMILES string of the molecule is CCOC(C)c1ccc(Nc2cncc(F)c2)cc1. The molecular formula is C15H17FN2O. The molecule has 4 heteroatoms. The maximum absolute atomic E-state index is 13.0. The fourth-order valence-electron chi connectivity index (χ4n) is 1.83. The van der Waals surface area contributed by atoms with Gasteiger partial charge >= 0.3 is 0 Å². The highest BCUT2D eigenvalue weighted by Crippen LogP contribution is 2.21. The average molecular weight is 260 g/mol. The standard InChI is InChI=1S/C15H17FN2O/c1-3-19-11(2)12-4-6-14(7-5-12)18-15-8-13(16)9-17-10-15/h4-11,18H,3H2,1-2H3. The van der Waals surface area contributed by atoms with Gasteiger partial charge in [0.2, 0.25) is 0 Å².